The third kappa shape index (κ3) is 8.39. The van der Waals surface area contributed by atoms with Crippen molar-refractivity contribution in [2.24, 2.45) is 5.41 Å². The van der Waals surface area contributed by atoms with Gasteiger partial charge in [0.05, 0.1) is 22.6 Å². The topological polar surface area (TPSA) is 102 Å². The van der Waals surface area contributed by atoms with Crippen molar-refractivity contribution in [1.82, 2.24) is 14.5 Å². The van der Waals surface area contributed by atoms with E-state index in [-0.39, 0.29) is 40.7 Å². The van der Waals surface area contributed by atoms with Gasteiger partial charge in [-0.1, -0.05) is 39.6 Å². The number of aromatic nitrogens is 3. The van der Waals surface area contributed by atoms with Crippen LogP contribution in [0.25, 0.3) is 5.57 Å². The molecule has 0 radical (unpaired) electrons. The number of amides is 1. The number of imidazole rings is 1. The molecule has 8 nitrogen and oxygen atoms in total. The summed E-state index contributed by atoms with van der Waals surface area (Å²) in [7, 11) is -1.40. The van der Waals surface area contributed by atoms with Crippen molar-refractivity contribution in [3.63, 3.8) is 0 Å². The summed E-state index contributed by atoms with van der Waals surface area (Å²) in [5.74, 6) is -2.11. The number of nitrogens with one attached hydrogen (secondary N) is 1. The van der Waals surface area contributed by atoms with Gasteiger partial charge in [0.25, 0.3) is 5.91 Å². The molecule has 2 aromatic heterocycles. The molecule has 2 aliphatic rings. The van der Waals surface area contributed by atoms with E-state index in [9.17, 15) is 10.1 Å². The first-order valence-electron chi connectivity index (χ1n) is 20.2. The van der Waals surface area contributed by atoms with Gasteiger partial charge in [0.15, 0.2) is 5.69 Å². The van der Waals surface area contributed by atoms with E-state index in [4.69, 9.17) is 30.9 Å². The molecule has 0 bridgehead atoms. The Morgan fingerprint density at radius 3 is 2.52 bits per heavy atom. The van der Waals surface area contributed by atoms with Crippen LogP contribution in [0, 0.1) is 16.7 Å². The second-order valence-corrected chi connectivity index (χ2v) is 19.0. The van der Waals surface area contributed by atoms with Crippen LogP contribution in [0.15, 0.2) is 24.4 Å². The van der Waals surface area contributed by atoms with Gasteiger partial charge in [-0.2, -0.15) is 5.26 Å². The van der Waals surface area contributed by atoms with Gasteiger partial charge in [0.1, 0.15) is 12.8 Å². The average Bonchev–Trinajstić information content (AvgIpc) is 3.44. The van der Waals surface area contributed by atoms with Gasteiger partial charge < -0.3 is 19.4 Å². The molecule has 9 heteroatoms. The monoisotopic (exact) mass is 603 g/mol. The summed E-state index contributed by atoms with van der Waals surface area (Å²) in [4.78, 5) is 22.8. The predicted molar refractivity (Wildman–Crippen MR) is 170 cm³/mol. The van der Waals surface area contributed by atoms with E-state index in [1.165, 1.54) is 22.9 Å². The molecule has 42 heavy (non-hydrogen) atoms. The molecule has 0 aromatic carbocycles. The molecule has 228 valence electrons. The fourth-order valence-electron chi connectivity index (χ4n) is 5.16. The second-order valence-electron chi connectivity index (χ2n) is 13.4. The lowest BCUT2D eigenvalue weighted by atomic mass is 9.77. The van der Waals surface area contributed by atoms with Gasteiger partial charge in [-0.05, 0) is 88.7 Å². The molecule has 2 aromatic rings. The van der Waals surface area contributed by atoms with Crippen LogP contribution in [0.2, 0.25) is 25.7 Å². The van der Waals surface area contributed by atoms with Crippen molar-refractivity contribution >= 4 is 25.2 Å². The summed E-state index contributed by atoms with van der Waals surface area (Å²) in [6, 6.07) is 5.69. The normalized spacial score (nSPS) is 25.5. The zero-order chi connectivity index (χ0) is 40.9. The Morgan fingerprint density at radius 1 is 1.21 bits per heavy atom. The Morgan fingerprint density at radius 2 is 1.93 bits per heavy atom. The number of rotatable bonds is 9. The van der Waals surface area contributed by atoms with Crippen molar-refractivity contribution in [3.8, 4) is 6.07 Å². The Bertz CT molecular complexity index is 1710. The van der Waals surface area contributed by atoms with E-state index >= 15 is 0 Å². The molecule has 0 spiro atoms. The van der Waals surface area contributed by atoms with E-state index in [0.29, 0.717) is 25.0 Å². The van der Waals surface area contributed by atoms with Crippen molar-refractivity contribution in [2.45, 2.75) is 123 Å². The fourth-order valence-corrected chi connectivity index (χ4v) is 5.92. The highest BCUT2D eigenvalue weighted by Crippen LogP contribution is 2.44. The molecule has 4 rings (SSSR count). The molecule has 1 fully saturated rings. The number of hydrogen-bond acceptors (Lipinski definition) is 6. The number of hydrogen-bond donors (Lipinski definition) is 1. The molecular formula is C33H49N5O3Si. The van der Waals surface area contributed by atoms with Crippen LogP contribution in [0.1, 0.15) is 123 Å². The smallest absolute Gasteiger partial charge is 0.291 e. The maximum Gasteiger partial charge on any atom is 0.291 e. The lowest BCUT2D eigenvalue weighted by molar-refractivity contribution is -0.162. The number of nitrogens with zero attached hydrogens (tertiary/aromatic N) is 4. The maximum atomic E-state index is 13.8. The van der Waals surface area contributed by atoms with Gasteiger partial charge in [0.2, 0.25) is 5.82 Å². The zero-order valence-electron chi connectivity index (χ0n) is 37.1. The number of ether oxygens (including phenoxy) is 2. The number of nitriles is 1. The van der Waals surface area contributed by atoms with Gasteiger partial charge in [-0.15, -0.1) is 0 Å². The molecule has 0 saturated carbocycles. The lowest BCUT2D eigenvalue weighted by Crippen LogP contribution is -2.44. The summed E-state index contributed by atoms with van der Waals surface area (Å²) in [6.45, 7) is -2.67. The number of carbonyl (C=O) groups excluding carboxylic acids is 1. The van der Waals surface area contributed by atoms with Crippen LogP contribution < -0.4 is 5.32 Å². The van der Waals surface area contributed by atoms with Crippen LogP contribution in [-0.2, 0) is 16.2 Å². The van der Waals surface area contributed by atoms with Crippen molar-refractivity contribution in [3.05, 3.63) is 47.3 Å². The van der Waals surface area contributed by atoms with E-state index in [0.717, 1.165) is 12.5 Å². The molecule has 3 heterocycles. The third-order valence-electron chi connectivity index (χ3n) is 7.60. The van der Waals surface area contributed by atoms with Crippen LogP contribution in [-0.4, -0.2) is 46.3 Å². The number of allylic oxidation sites excluding steroid dienone is 2. The van der Waals surface area contributed by atoms with Gasteiger partial charge in [0, 0.05) is 48.9 Å². The highest BCUT2D eigenvalue weighted by atomic mass is 28.3. The first-order valence-corrected chi connectivity index (χ1v) is 17.9. The van der Waals surface area contributed by atoms with E-state index < -0.39 is 71.4 Å². The van der Waals surface area contributed by atoms with Crippen LogP contribution in [0.3, 0.4) is 0 Å². The SMILES string of the molecule is [2H]C([2H])([2H])C1(C([2H])([2H])[2H])CC(c2ccc(NC(=O)c3nc(C#N)cn3COCC[Si](C)(C)C)c(C3=CCC(C)(C)CC3)n2)CC(C([2H])([2H])[2H])(C([2H])([2H])[2H])O1. The molecule has 1 amide bonds. The van der Waals surface area contributed by atoms with Gasteiger partial charge >= 0.3 is 0 Å². The lowest BCUT2D eigenvalue weighted by Gasteiger charge is -2.45. The molecular weight excluding hydrogens is 542 g/mol. The Kier molecular flexibility index (Phi) is 5.59. The summed E-state index contributed by atoms with van der Waals surface area (Å²) < 4.78 is 112. The molecule has 1 aliphatic carbocycles. The molecule has 1 N–H and O–H groups in total. The second kappa shape index (κ2) is 12.1. The Balaban J connectivity index is 1.84. The van der Waals surface area contributed by atoms with E-state index in [1.54, 1.807) is 0 Å². The summed E-state index contributed by atoms with van der Waals surface area (Å²) in [5, 5.41) is 12.4. The van der Waals surface area contributed by atoms with Crippen molar-refractivity contribution in [1.29, 1.82) is 5.26 Å². The van der Waals surface area contributed by atoms with Crippen LogP contribution >= 0.6 is 0 Å². The molecule has 0 atom stereocenters. The number of anilines is 1. The summed E-state index contributed by atoms with van der Waals surface area (Å²) in [6.07, 6.45) is 3.69. The molecule has 1 aliphatic heterocycles. The highest BCUT2D eigenvalue weighted by Gasteiger charge is 2.40. The van der Waals surface area contributed by atoms with Gasteiger partial charge in [-0.25, -0.2) is 4.98 Å². The minimum Gasteiger partial charge on any atom is -0.370 e. The Labute approximate surface area is 269 Å². The molecule has 1 saturated heterocycles. The van der Waals surface area contributed by atoms with Crippen molar-refractivity contribution < 1.29 is 30.7 Å². The number of carbonyl (C=O) groups is 1. The minimum absolute atomic E-state index is 0.00151. The van der Waals surface area contributed by atoms with E-state index in [2.05, 4.69) is 43.8 Å². The molecule has 0 unspecified atom stereocenters. The van der Waals surface area contributed by atoms with Crippen LogP contribution in [0.4, 0.5) is 5.69 Å². The Hall–Kier alpha value is -2.80. The summed E-state index contributed by atoms with van der Waals surface area (Å²) in [5.41, 5.74) is -5.18. The fraction of sp³-hybridized carbons (Fsp3) is 0.636. The predicted octanol–water partition coefficient (Wildman–Crippen LogP) is 7.76. The van der Waals surface area contributed by atoms with Crippen LogP contribution in [0.5, 0.6) is 0 Å². The maximum absolute atomic E-state index is 13.8. The standard InChI is InChI=1S/C33H49N5O3Si/c1-31(2)14-12-23(13-15-31)28-27(11-10-26(36-28)24-18-32(3,4)41-33(5,6)19-24)37-30(39)29-35-25(20-34)21-38(29)22-40-16-17-42(7,8)9/h10-12,21,24H,13-19,22H2,1-9H3,(H,37,39)/i3D3,4D3,5D3,6D3. The minimum atomic E-state index is -3.48. The zero-order valence-corrected chi connectivity index (χ0v) is 26.1. The van der Waals surface area contributed by atoms with Gasteiger partial charge in [-0.3, -0.25) is 9.78 Å². The van der Waals surface area contributed by atoms with E-state index in [1.807, 2.05) is 12.1 Å². The third-order valence-corrected chi connectivity index (χ3v) is 9.30. The quantitative estimate of drug-likeness (QED) is 0.232. The number of pyridine rings is 1. The van der Waals surface area contributed by atoms with Crippen molar-refractivity contribution in [2.75, 3.05) is 11.9 Å². The largest absolute Gasteiger partial charge is 0.370 e. The first kappa shape index (κ1) is 19.5. The average molecular weight is 604 g/mol. The summed E-state index contributed by atoms with van der Waals surface area (Å²) >= 11 is 0. The first-order chi connectivity index (χ1) is 24.5. The highest BCUT2D eigenvalue weighted by molar-refractivity contribution is 6.76.